The molecule has 2 aliphatic heterocycles. The Morgan fingerprint density at radius 2 is 1.91 bits per heavy atom. The Balaban J connectivity index is 1.67. The maximum atomic E-state index is 13.7. The van der Waals surface area contributed by atoms with Gasteiger partial charge < -0.3 is 4.90 Å². The van der Waals surface area contributed by atoms with Crippen LogP contribution in [0.2, 0.25) is 0 Å². The molecule has 117 valence electrons. The summed E-state index contributed by atoms with van der Waals surface area (Å²) in [5.74, 6) is -1.55. The van der Waals surface area contributed by atoms with Gasteiger partial charge in [0, 0.05) is 38.3 Å². The Bertz CT molecular complexity index is 627. The van der Waals surface area contributed by atoms with Crippen LogP contribution < -0.4 is 5.32 Å². The lowest BCUT2D eigenvalue weighted by Gasteiger charge is -2.40. The molecular weight excluding hydrogens is 292 g/mol. The van der Waals surface area contributed by atoms with Crippen molar-refractivity contribution in [2.75, 3.05) is 20.1 Å². The number of hydrogen-bond acceptors (Lipinski definition) is 3. The lowest BCUT2D eigenvalue weighted by molar-refractivity contribution is -0.128. The maximum absolute atomic E-state index is 13.7. The first-order valence-electron chi connectivity index (χ1n) is 7.13. The third-order valence-corrected chi connectivity index (χ3v) is 4.62. The fourth-order valence-corrected chi connectivity index (χ4v) is 3.11. The van der Waals surface area contributed by atoms with Crippen LogP contribution in [0.25, 0.3) is 0 Å². The van der Waals surface area contributed by atoms with E-state index >= 15 is 0 Å². The number of carbonyl (C=O) groups excluding carboxylic acids is 2. The minimum Gasteiger partial charge on any atom is -0.311 e. The second-order valence-corrected chi connectivity index (χ2v) is 5.80. The Morgan fingerprint density at radius 3 is 2.45 bits per heavy atom. The summed E-state index contributed by atoms with van der Waals surface area (Å²) in [5.41, 5.74) is -0.418. The molecule has 5 nitrogen and oxygen atoms in total. The third-order valence-electron chi connectivity index (χ3n) is 4.62. The smallest absolute Gasteiger partial charge is 0.311 e. The fraction of sp³-hybridized carbons (Fsp3) is 0.467. The molecule has 0 atom stereocenters. The molecule has 1 aromatic carbocycles. The molecule has 2 saturated heterocycles. The number of rotatable bonds is 2. The highest BCUT2D eigenvalue weighted by molar-refractivity contribution is 6.06. The Hall–Kier alpha value is -2.02. The van der Waals surface area contributed by atoms with Gasteiger partial charge in [-0.1, -0.05) is 6.07 Å². The number of carbonyl (C=O) groups is 2. The highest BCUT2D eigenvalue weighted by atomic mass is 19.1. The van der Waals surface area contributed by atoms with Crippen LogP contribution in [0, 0.1) is 11.6 Å². The summed E-state index contributed by atoms with van der Waals surface area (Å²) in [4.78, 5) is 26.9. The van der Waals surface area contributed by atoms with Crippen LogP contribution in [0.5, 0.6) is 0 Å². The monoisotopic (exact) mass is 308 g/mol. The molecular formula is C15H16F2N3O2. The molecule has 0 saturated carbocycles. The second-order valence-electron chi connectivity index (χ2n) is 5.80. The molecule has 0 unspecified atom stereocenters. The molecule has 0 bridgehead atoms. The van der Waals surface area contributed by atoms with Crippen molar-refractivity contribution in [3.8, 4) is 0 Å². The topological polar surface area (TPSA) is 54.7 Å². The van der Waals surface area contributed by atoms with E-state index in [1.807, 2.05) is 4.90 Å². The van der Waals surface area contributed by atoms with Crippen LogP contribution >= 0.6 is 0 Å². The molecule has 1 radical (unpaired) electrons. The van der Waals surface area contributed by atoms with Crippen LogP contribution in [0.15, 0.2) is 18.2 Å². The van der Waals surface area contributed by atoms with E-state index in [1.165, 1.54) is 17.0 Å². The second kappa shape index (κ2) is 5.31. The summed E-state index contributed by atoms with van der Waals surface area (Å²) in [5, 5.41) is 3.51. The summed E-state index contributed by atoms with van der Waals surface area (Å²) in [6.07, 6.45) is 0.945. The summed E-state index contributed by atoms with van der Waals surface area (Å²) in [6, 6.07) is 3.03. The highest BCUT2D eigenvalue weighted by Gasteiger charge is 2.53. The average Bonchev–Trinajstić information content (AvgIpc) is 2.68. The number of benzene rings is 1. The van der Waals surface area contributed by atoms with Gasteiger partial charge in [0.05, 0.1) is 0 Å². The van der Waals surface area contributed by atoms with E-state index in [9.17, 15) is 18.4 Å². The van der Waals surface area contributed by atoms with Crippen molar-refractivity contribution in [1.82, 2.24) is 15.1 Å². The van der Waals surface area contributed by atoms with E-state index in [0.29, 0.717) is 38.0 Å². The van der Waals surface area contributed by atoms with Gasteiger partial charge in [-0.15, -0.1) is 0 Å². The largest absolute Gasteiger partial charge is 0.347 e. The standard InChI is InChI=1S/C15H16F2N3O2/c1-19-14(22)18-13(21)15(19)4-6-20(7-5-15)9-10-2-3-11(16)8-12(10)17/h2-3,8H,4-7,9H2,1H3. The predicted octanol–water partition coefficient (Wildman–Crippen LogP) is 1.50. The van der Waals surface area contributed by atoms with E-state index in [4.69, 9.17) is 0 Å². The van der Waals surface area contributed by atoms with Gasteiger partial charge in [-0.25, -0.2) is 13.6 Å². The van der Waals surface area contributed by atoms with Crippen LogP contribution in [0.1, 0.15) is 18.4 Å². The number of halogens is 2. The van der Waals surface area contributed by atoms with Crippen molar-refractivity contribution in [1.29, 1.82) is 0 Å². The van der Waals surface area contributed by atoms with Crippen LogP contribution in [0.3, 0.4) is 0 Å². The summed E-state index contributed by atoms with van der Waals surface area (Å²) in [6.45, 7) is 1.45. The zero-order chi connectivity index (χ0) is 15.9. The summed E-state index contributed by atoms with van der Waals surface area (Å²) in [7, 11) is 1.59. The minimum absolute atomic E-state index is 0.352. The lowest BCUT2D eigenvalue weighted by Crippen LogP contribution is -2.54. The molecule has 0 N–H and O–H groups in total. The molecule has 3 rings (SSSR count). The van der Waals surface area contributed by atoms with E-state index < -0.39 is 23.2 Å². The van der Waals surface area contributed by atoms with Gasteiger partial charge in [0.15, 0.2) is 0 Å². The fourth-order valence-electron chi connectivity index (χ4n) is 3.11. The lowest BCUT2D eigenvalue weighted by atomic mass is 9.86. The van der Waals surface area contributed by atoms with Crippen molar-refractivity contribution in [2.45, 2.75) is 24.9 Å². The van der Waals surface area contributed by atoms with Gasteiger partial charge in [-0.3, -0.25) is 9.69 Å². The van der Waals surface area contributed by atoms with Gasteiger partial charge in [0.2, 0.25) is 0 Å². The number of amides is 3. The molecule has 1 spiro atoms. The number of likely N-dealkylation sites (tertiary alicyclic amines) is 1. The SMILES string of the molecule is CN1C(=O)[N]C(=O)C12CCN(Cc1ccc(F)cc1F)CC2. The van der Waals surface area contributed by atoms with Crippen molar-refractivity contribution < 1.29 is 18.4 Å². The Kier molecular flexibility index (Phi) is 3.60. The van der Waals surface area contributed by atoms with Crippen molar-refractivity contribution in [3.05, 3.63) is 35.4 Å². The van der Waals surface area contributed by atoms with Crippen molar-refractivity contribution in [2.24, 2.45) is 0 Å². The van der Waals surface area contributed by atoms with E-state index in [1.54, 1.807) is 7.05 Å². The predicted molar refractivity (Wildman–Crippen MR) is 73.9 cm³/mol. The zero-order valence-corrected chi connectivity index (χ0v) is 12.2. The molecule has 2 aliphatic rings. The van der Waals surface area contributed by atoms with Gasteiger partial charge in [-0.05, 0) is 18.9 Å². The first kappa shape index (κ1) is 14.9. The van der Waals surface area contributed by atoms with Crippen LogP contribution in [-0.4, -0.2) is 47.4 Å². The number of imide groups is 1. The van der Waals surface area contributed by atoms with Gasteiger partial charge in [0.25, 0.3) is 5.91 Å². The van der Waals surface area contributed by atoms with Gasteiger partial charge >= 0.3 is 6.03 Å². The maximum Gasteiger partial charge on any atom is 0.347 e. The number of hydrogen-bond donors (Lipinski definition) is 0. The Morgan fingerprint density at radius 1 is 1.23 bits per heavy atom. The number of nitrogens with zero attached hydrogens (tertiary/aromatic N) is 3. The molecule has 22 heavy (non-hydrogen) atoms. The van der Waals surface area contributed by atoms with Crippen LogP contribution in [-0.2, 0) is 11.3 Å². The number of urea groups is 1. The minimum atomic E-state index is -0.838. The normalized spacial score (nSPS) is 21.5. The third kappa shape index (κ3) is 2.35. The molecule has 3 amide bonds. The van der Waals surface area contributed by atoms with Crippen molar-refractivity contribution >= 4 is 11.9 Å². The average molecular weight is 308 g/mol. The quantitative estimate of drug-likeness (QED) is 0.778. The first-order chi connectivity index (χ1) is 10.4. The van der Waals surface area contributed by atoms with E-state index in [0.717, 1.165) is 6.07 Å². The summed E-state index contributed by atoms with van der Waals surface area (Å²) < 4.78 is 26.6. The molecule has 2 fully saturated rings. The van der Waals surface area contributed by atoms with Gasteiger partial charge in [-0.2, -0.15) is 5.32 Å². The number of piperidine rings is 1. The van der Waals surface area contributed by atoms with Crippen LogP contribution in [0.4, 0.5) is 13.6 Å². The highest BCUT2D eigenvalue weighted by Crippen LogP contribution is 2.33. The Labute approximate surface area is 126 Å². The molecule has 1 aromatic rings. The van der Waals surface area contributed by atoms with Crippen molar-refractivity contribution in [3.63, 3.8) is 0 Å². The molecule has 7 heteroatoms. The van der Waals surface area contributed by atoms with E-state index in [2.05, 4.69) is 5.32 Å². The molecule has 0 aliphatic carbocycles. The molecule has 0 aromatic heterocycles. The number of likely N-dealkylation sites (N-methyl/N-ethyl adjacent to an activating group) is 1. The molecule has 2 heterocycles. The summed E-state index contributed by atoms with van der Waals surface area (Å²) >= 11 is 0. The zero-order valence-electron chi connectivity index (χ0n) is 12.2. The first-order valence-corrected chi connectivity index (χ1v) is 7.13. The van der Waals surface area contributed by atoms with Gasteiger partial charge in [0.1, 0.15) is 17.2 Å². The van der Waals surface area contributed by atoms with E-state index in [-0.39, 0.29) is 5.91 Å².